The molecular formula is C17H19ClN4O. The van der Waals surface area contributed by atoms with Gasteiger partial charge in [0.25, 0.3) is 0 Å². The van der Waals surface area contributed by atoms with Crippen molar-refractivity contribution >= 4 is 34.0 Å². The predicted molar refractivity (Wildman–Crippen MR) is 92.5 cm³/mol. The van der Waals surface area contributed by atoms with Crippen LogP contribution in [0.2, 0.25) is 5.02 Å². The zero-order valence-electron chi connectivity index (χ0n) is 13.5. The molecule has 6 heteroatoms. The fourth-order valence-electron chi connectivity index (χ4n) is 3.36. The maximum Gasteiger partial charge on any atom is 0.176 e. The topological polar surface area (TPSA) is 42.7 Å². The summed E-state index contributed by atoms with van der Waals surface area (Å²) in [7, 11) is 0. The molecule has 23 heavy (non-hydrogen) atoms. The first kappa shape index (κ1) is 14.7. The fourth-order valence-corrected chi connectivity index (χ4v) is 3.52. The van der Waals surface area contributed by atoms with Crippen LogP contribution in [-0.2, 0) is 4.74 Å². The first-order valence-electron chi connectivity index (χ1n) is 7.88. The quantitative estimate of drug-likeness (QED) is 0.685. The summed E-state index contributed by atoms with van der Waals surface area (Å²) in [6, 6.07) is 8.20. The van der Waals surface area contributed by atoms with E-state index in [1.54, 1.807) is 0 Å². The number of anilines is 1. The van der Waals surface area contributed by atoms with E-state index in [1.165, 1.54) is 0 Å². The molecule has 2 aromatic heterocycles. The fraction of sp³-hybridized carbons (Fsp3) is 0.412. The van der Waals surface area contributed by atoms with Crippen LogP contribution < -0.4 is 4.90 Å². The summed E-state index contributed by atoms with van der Waals surface area (Å²) < 4.78 is 7.69. The third kappa shape index (κ3) is 2.35. The van der Waals surface area contributed by atoms with Crippen LogP contribution >= 0.6 is 11.6 Å². The Hall–Kier alpha value is -1.85. The Morgan fingerprint density at radius 2 is 1.87 bits per heavy atom. The number of ether oxygens (including phenoxy) is 1. The molecule has 0 radical (unpaired) electrons. The third-order valence-corrected chi connectivity index (χ3v) is 4.71. The van der Waals surface area contributed by atoms with Gasteiger partial charge in [0.2, 0.25) is 0 Å². The van der Waals surface area contributed by atoms with Crippen molar-refractivity contribution in [2.24, 2.45) is 0 Å². The smallest absolute Gasteiger partial charge is 0.176 e. The summed E-state index contributed by atoms with van der Waals surface area (Å²) in [5, 5.41) is 6.24. The molecule has 1 aliphatic heterocycles. The second-order valence-electron chi connectivity index (χ2n) is 6.25. The van der Waals surface area contributed by atoms with Crippen molar-refractivity contribution in [3.63, 3.8) is 0 Å². The van der Waals surface area contributed by atoms with Crippen LogP contribution in [0, 0.1) is 6.92 Å². The first-order valence-corrected chi connectivity index (χ1v) is 8.26. The molecule has 1 aliphatic rings. The highest BCUT2D eigenvalue weighted by molar-refractivity contribution is 6.34. The minimum absolute atomic E-state index is 0.178. The molecule has 0 amide bonds. The van der Waals surface area contributed by atoms with E-state index < -0.39 is 0 Å². The average molecular weight is 331 g/mol. The van der Waals surface area contributed by atoms with Crippen molar-refractivity contribution in [1.82, 2.24) is 14.6 Å². The summed E-state index contributed by atoms with van der Waals surface area (Å²) in [4.78, 5) is 7.15. The van der Waals surface area contributed by atoms with Gasteiger partial charge < -0.3 is 9.64 Å². The van der Waals surface area contributed by atoms with Gasteiger partial charge >= 0.3 is 0 Å². The maximum atomic E-state index is 6.42. The number of para-hydroxylation sites is 1. The van der Waals surface area contributed by atoms with Crippen LogP contribution in [0.25, 0.3) is 16.6 Å². The van der Waals surface area contributed by atoms with Crippen molar-refractivity contribution in [2.75, 3.05) is 18.0 Å². The SMILES string of the molecule is Cc1nn2c(nc(N3C[C@@H](C)O[C@@H](C)C3)c3ccccc32)c1Cl. The predicted octanol–water partition coefficient (Wildman–Crippen LogP) is 3.46. The normalized spacial score (nSPS) is 22.2. The van der Waals surface area contributed by atoms with Gasteiger partial charge in [-0.15, -0.1) is 0 Å². The standard InChI is InChI=1S/C17H19ClN4O/c1-10-8-21(9-11(2)23-10)16-13-6-4-5-7-14(13)22-17(19-16)15(18)12(3)20-22/h4-7,10-11H,8-9H2,1-3H3/t10-,11+. The number of halogens is 1. The summed E-state index contributed by atoms with van der Waals surface area (Å²) in [5.74, 6) is 0.955. The molecule has 0 N–H and O–H groups in total. The van der Waals surface area contributed by atoms with E-state index in [-0.39, 0.29) is 12.2 Å². The van der Waals surface area contributed by atoms with E-state index in [1.807, 2.05) is 23.6 Å². The molecule has 1 fully saturated rings. The van der Waals surface area contributed by atoms with E-state index in [0.29, 0.717) is 10.7 Å². The molecule has 0 unspecified atom stereocenters. The number of rotatable bonds is 1. The van der Waals surface area contributed by atoms with Gasteiger partial charge in [-0.1, -0.05) is 23.7 Å². The number of benzene rings is 1. The first-order chi connectivity index (χ1) is 11.0. The highest BCUT2D eigenvalue weighted by Gasteiger charge is 2.26. The molecule has 3 heterocycles. The Morgan fingerprint density at radius 1 is 1.17 bits per heavy atom. The average Bonchev–Trinajstić information content (AvgIpc) is 2.81. The Bertz CT molecular complexity index is 881. The Labute approximate surface area is 139 Å². The number of hydrogen-bond acceptors (Lipinski definition) is 4. The lowest BCUT2D eigenvalue weighted by atomic mass is 10.2. The summed E-state index contributed by atoms with van der Waals surface area (Å²) >= 11 is 6.42. The number of fused-ring (bicyclic) bond motifs is 3. The third-order valence-electron chi connectivity index (χ3n) is 4.27. The van der Waals surface area contributed by atoms with Crippen LogP contribution in [-0.4, -0.2) is 39.9 Å². The summed E-state index contributed by atoms with van der Waals surface area (Å²) in [6.45, 7) is 7.74. The molecule has 5 nitrogen and oxygen atoms in total. The van der Waals surface area contributed by atoms with E-state index in [2.05, 4.69) is 36.0 Å². The van der Waals surface area contributed by atoms with Gasteiger partial charge in [0, 0.05) is 18.5 Å². The van der Waals surface area contributed by atoms with Crippen LogP contribution in [0.15, 0.2) is 24.3 Å². The molecule has 0 saturated carbocycles. The second-order valence-corrected chi connectivity index (χ2v) is 6.63. The number of nitrogens with zero attached hydrogens (tertiary/aromatic N) is 4. The van der Waals surface area contributed by atoms with Crippen LogP contribution in [0.1, 0.15) is 19.5 Å². The monoisotopic (exact) mass is 330 g/mol. The lowest BCUT2D eigenvalue weighted by Crippen LogP contribution is -2.46. The molecule has 0 aliphatic carbocycles. The van der Waals surface area contributed by atoms with E-state index >= 15 is 0 Å². The molecule has 1 aromatic carbocycles. The molecule has 2 atom stereocenters. The molecule has 1 saturated heterocycles. The number of aromatic nitrogens is 3. The number of aryl methyl sites for hydroxylation is 1. The highest BCUT2D eigenvalue weighted by Crippen LogP contribution is 2.31. The number of hydrogen-bond donors (Lipinski definition) is 0. The van der Waals surface area contributed by atoms with Gasteiger partial charge in [-0.2, -0.15) is 5.10 Å². The van der Waals surface area contributed by atoms with Crippen molar-refractivity contribution in [2.45, 2.75) is 33.0 Å². The zero-order valence-corrected chi connectivity index (χ0v) is 14.2. The van der Waals surface area contributed by atoms with Gasteiger partial charge in [0.05, 0.1) is 23.4 Å². The number of morpholine rings is 1. The summed E-state index contributed by atoms with van der Waals surface area (Å²) in [5.41, 5.74) is 2.53. The maximum absolute atomic E-state index is 6.42. The van der Waals surface area contributed by atoms with Gasteiger partial charge in [0.15, 0.2) is 5.65 Å². The van der Waals surface area contributed by atoms with Gasteiger partial charge in [-0.05, 0) is 32.9 Å². The molecule has 120 valence electrons. The lowest BCUT2D eigenvalue weighted by Gasteiger charge is -2.36. The molecule has 4 rings (SSSR count). The molecule has 0 bridgehead atoms. The van der Waals surface area contributed by atoms with Crippen LogP contribution in [0.5, 0.6) is 0 Å². The Morgan fingerprint density at radius 3 is 2.61 bits per heavy atom. The highest BCUT2D eigenvalue weighted by atomic mass is 35.5. The van der Waals surface area contributed by atoms with Crippen molar-refractivity contribution in [3.8, 4) is 0 Å². The zero-order chi connectivity index (χ0) is 16.1. The van der Waals surface area contributed by atoms with E-state index in [0.717, 1.165) is 35.5 Å². The van der Waals surface area contributed by atoms with Crippen molar-refractivity contribution in [3.05, 3.63) is 35.0 Å². The van der Waals surface area contributed by atoms with Gasteiger partial charge in [-0.25, -0.2) is 9.50 Å². The minimum Gasteiger partial charge on any atom is -0.372 e. The van der Waals surface area contributed by atoms with E-state index in [4.69, 9.17) is 21.3 Å². The van der Waals surface area contributed by atoms with Gasteiger partial charge in [0.1, 0.15) is 10.8 Å². The molecule has 0 spiro atoms. The Kier molecular flexibility index (Phi) is 3.43. The largest absolute Gasteiger partial charge is 0.372 e. The summed E-state index contributed by atoms with van der Waals surface area (Å²) in [6.07, 6.45) is 0.357. The Balaban J connectivity index is 1.99. The lowest BCUT2D eigenvalue weighted by molar-refractivity contribution is -0.00535. The van der Waals surface area contributed by atoms with E-state index in [9.17, 15) is 0 Å². The van der Waals surface area contributed by atoms with Crippen LogP contribution in [0.3, 0.4) is 0 Å². The van der Waals surface area contributed by atoms with Crippen molar-refractivity contribution < 1.29 is 4.74 Å². The minimum atomic E-state index is 0.178. The molecular weight excluding hydrogens is 312 g/mol. The second kappa shape index (κ2) is 5.35. The molecule has 3 aromatic rings. The van der Waals surface area contributed by atoms with Crippen LogP contribution in [0.4, 0.5) is 5.82 Å². The van der Waals surface area contributed by atoms with Gasteiger partial charge in [-0.3, -0.25) is 0 Å². The van der Waals surface area contributed by atoms with Crippen molar-refractivity contribution in [1.29, 1.82) is 0 Å².